The Morgan fingerprint density at radius 2 is 2.11 bits per heavy atom. The van der Waals surface area contributed by atoms with Crippen molar-refractivity contribution in [3.05, 3.63) is 52.6 Å². The van der Waals surface area contributed by atoms with E-state index in [-0.39, 0.29) is 52.6 Å². The highest BCUT2D eigenvalue weighted by Gasteiger charge is 2.54. The molecule has 0 bridgehead atoms. The molecule has 0 radical (unpaired) electrons. The van der Waals surface area contributed by atoms with Crippen LogP contribution in [0.3, 0.4) is 0 Å². The molecule has 10 nitrogen and oxygen atoms in total. The average molecular weight is 514 g/mol. The first kappa shape index (κ1) is 24.1. The number of piperidine rings is 1. The molecule has 1 saturated carbocycles. The average Bonchev–Trinajstić information content (AvgIpc) is 3.45. The highest BCUT2D eigenvalue weighted by molar-refractivity contribution is 6.31. The van der Waals surface area contributed by atoms with E-state index in [0.29, 0.717) is 35.9 Å². The van der Waals surface area contributed by atoms with E-state index in [0.717, 1.165) is 19.0 Å². The number of hydrogen-bond acceptors (Lipinski definition) is 7. The van der Waals surface area contributed by atoms with Crippen LogP contribution in [0, 0.1) is 18.7 Å². The highest BCUT2D eigenvalue weighted by atomic mass is 35.5. The van der Waals surface area contributed by atoms with Crippen LogP contribution >= 0.6 is 11.6 Å². The number of halogens is 2. The van der Waals surface area contributed by atoms with Gasteiger partial charge in [-0.25, -0.2) is 19.3 Å². The normalized spacial score (nSPS) is 18.2. The van der Waals surface area contributed by atoms with Crippen molar-refractivity contribution in [2.24, 2.45) is 5.92 Å². The third-order valence-electron chi connectivity index (χ3n) is 6.83. The Labute approximate surface area is 211 Å². The van der Waals surface area contributed by atoms with Crippen LogP contribution in [0.25, 0.3) is 11.3 Å². The molecule has 1 atom stereocenters. The molecule has 36 heavy (non-hydrogen) atoms. The summed E-state index contributed by atoms with van der Waals surface area (Å²) < 4.78 is 19.4. The summed E-state index contributed by atoms with van der Waals surface area (Å²) in [6.45, 7) is 2.43. The SMILES string of the molecule is COc1cc(-c2cc(C(=O)N3CC[C@H](C(=O)NCc4nc(C)ncc4Cl)CC34CC4)[nH]n2)c(F)cn1. The second-order valence-corrected chi connectivity index (χ2v) is 9.58. The second-order valence-electron chi connectivity index (χ2n) is 9.17. The van der Waals surface area contributed by atoms with Crippen molar-refractivity contribution < 1.29 is 18.7 Å². The summed E-state index contributed by atoms with van der Waals surface area (Å²) in [6, 6.07) is 2.96. The molecule has 1 spiro atoms. The van der Waals surface area contributed by atoms with Gasteiger partial charge in [0.1, 0.15) is 11.5 Å². The molecule has 2 aliphatic rings. The number of aryl methyl sites for hydroxylation is 1. The molecule has 5 rings (SSSR count). The molecule has 3 aromatic rings. The summed E-state index contributed by atoms with van der Waals surface area (Å²) in [5, 5.41) is 10.2. The standard InChI is InChI=1S/C24H25ClFN7O3/c1-13-27-10-16(25)20(30-13)12-29-22(34)14-3-6-33(24(9-14)4-5-24)23(35)19-8-18(31-32-19)15-7-21(36-2)28-11-17(15)26/h7-8,10-11,14H,3-6,9,12H2,1-2H3,(H,29,34)(H,31,32)/t14-/m0/s1. The fourth-order valence-corrected chi connectivity index (χ4v) is 4.89. The van der Waals surface area contributed by atoms with Gasteiger partial charge < -0.3 is 15.0 Å². The van der Waals surface area contributed by atoms with Gasteiger partial charge in [0.2, 0.25) is 11.8 Å². The highest BCUT2D eigenvalue weighted by Crippen LogP contribution is 2.50. The number of methoxy groups -OCH3 is 1. The van der Waals surface area contributed by atoms with Gasteiger partial charge in [-0.2, -0.15) is 5.10 Å². The molecule has 2 N–H and O–H groups in total. The van der Waals surface area contributed by atoms with E-state index in [1.165, 1.54) is 25.4 Å². The number of carbonyl (C=O) groups excluding carboxylic acids is 2. The Morgan fingerprint density at radius 1 is 1.31 bits per heavy atom. The Hall–Kier alpha value is -3.60. The number of aromatic amines is 1. The number of hydrogen-bond donors (Lipinski definition) is 2. The summed E-state index contributed by atoms with van der Waals surface area (Å²) in [5.41, 5.74) is 0.964. The van der Waals surface area contributed by atoms with Crippen LogP contribution in [0.4, 0.5) is 4.39 Å². The lowest BCUT2D eigenvalue weighted by atomic mass is 9.88. The quantitative estimate of drug-likeness (QED) is 0.518. The van der Waals surface area contributed by atoms with E-state index in [1.807, 2.05) is 4.90 Å². The molecule has 0 unspecified atom stereocenters. The largest absolute Gasteiger partial charge is 0.481 e. The molecule has 2 fully saturated rings. The van der Waals surface area contributed by atoms with Gasteiger partial charge in [0.15, 0.2) is 5.82 Å². The number of H-pyrrole nitrogens is 1. The molecule has 3 aromatic heterocycles. The lowest BCUT2D eigenvalue weighted by Gasteiger charge is -2.39. The molecule has 1 aliphatic carbocycles. The first-order chi connectivity index (χ1) is 17.3. The van der Waals surface area contributed by atoms with Gasteiger partial charge in [0.05, 0.1) is 36.3 Å². The fourth-order valence-electron chi connectivity index (χ4n) is 4.74. The van der Waals surface area contributed by atoms with Crippen molar-refractivity contribution in [3.8, 4) is 17.1 Å². The first-order valence-electron chi connectivity index (χ1n) is 11.6. The minimum absolute atomic E-state index is 0.0772. The fraction of sp³-hybridized carbons (Fsp3) is 0.417. The summed E-state index contributed by atoms with van der Waals surface area (Å²) in [4.78, 5) is 40.2. The van der Waals surface area contributed by atoms with Crippen molar-refractivity contribution >= 4 is 23.4 Å². The molecule has 12 heteroatoms. The van der Waals surface area contributed by atoms with E-state index in [9.17, 15) is 14.0 Å². The molecule has 188 valence electrons. The maximum Gasteiger partial charge on any atom is 0.272 e. The van der Waals surface area contributed by atoms with Gasteiger partial charge in [0.25, 0.3) is 5.91 Å². The van der Waals surface area contributed by atoms with Crippen molar-refractivity contribution in [1.29, 1.82) is 0 Å². The number of nitrogens with one attached hydrogen (secondary N) is 2. The number of aromatic nitrogens is 5. The molecule has 1 saturated heterocycles. The third kappa shape index (κ3) is 4.62. The van der Waals surface area contributed by atoms with Gasteiger partial charge in [-0.3, -0.25) is 14.7 Å². The maximum atomic E-state index is 14.3. The van der Waals surface area contributed by atoms with E-state index in [4.69, 9.17) is 16.3 Å². The zero-order valence-electron chi connectivity index (χ0n) is 19.8. The number of nitrogens with zero attached hydrogens (tertiary/aromatic N) is 5. The third-order valence-corrected chi connectivity index (χ3v) is 7.15. The smallest absolute Gasteiger partial charge is 0.272 e. The van der Waals surface area contributed by atoms with Crippen molar-refractivity contribution in [1.82, 2.24) is 35.4 Å². The summed E-state index contributed by atoms with van der Waals surface area (Å²) in [6.07, 6.45) is 5.35. The monoisotopic (exact) mass is 513 g/mol. The summed E-state index contributed by atoms with van der Waals surface area (Å²) in [5.74, 6) is -0.238. The molecule has 0 aromatic carbocycles. The lowest BCUT2D eigenvalue weighted by Crippen LogP contribution is -2.50. The first-order valence-corrected chi connectivity index (χ1v) is 12.0. The van der Waals surface area contributed by atoms with E-state index in [1.54, 1.807) is 6.92 Å². The van der Waals surface area contributed by atoms with Crippen LogP contribution in [-0.4, -0.2) is 61.1 Å². The lowest BCUT2D eigenvalue weighted by molar-refractivity contribution is -0.127. The zero-order chi connectivity index (χ0) is 25.4. The van der Waals surface area contributed by atoms with Crippen molar-refractivity contribution in [3.63, 3.8) is 0 Å². The Kier molecular flexibility index (Phi) is 6.33. The second kappa shape index (κ2) is 9.45. The van der Waals surface area contributed by atoms with Crippen LogP contribution in [-0.2, 0) is 11.3 Å². The molecule has 4 heterocycles. The van der Waals surface area contributed by atoms with Crippen LogP contribution in [0.5, 0.6) is 5.88 Å². The molecule has 1 aliphatic heterocycles. The van der Waals surface area contributed by atoms with E-state index in [2.05, 4.69) is 30.5 Å². The molecular formula is C24H25ClFN7O3. The number of carbonyl (C=O) groups is 2. The van der Waals surface area contributed by atoms with Crippen LogP contribution < -0.4 is 10.1 Å². The predicted molar refractivity (Wildman–Crippen MR) is 128 cm³/mol. The van der Waals surface area contributed by atoms with Crippen LogP contribution in [0.1, 0.15) is 47.7 Å². The molecular weight excluding hydrogens is 489 g/mol. The van der Waals surface area contributed by atoms with Gasteiger partial charge in [-0.15, -0.1) is 0 Å². The minimum Gasteiger partial charge on any atom is -0.481 e. The summed E-state index contributed by atoms with van der Waals surface area (Å²) in [7, 11) is 1.44. The minimum atomic E-state index is -0.565. The topological polar surface area (TPSA) is 126 Å². The van der Waals surface area contributed by atoms with E-state index < -0.39 is 5.82 Å². The predicted octanol–water partition coefficient (Wildman–Crippen LogP) is 3.07. The molecule has 2 amide bonds. The number of ether oxygens (including phenoxy) is 1. The Balaban J connectivity index is 1.25. The van der Waals surface area contributed by atoms with Crippen molar-refractivity contribution in [2.75, 3.05) is 13.7 Å². The number of pyridine rings is 1. The number of rotatable bonds is 6. The number of likely N-dealkylation sites (tertiary alicyclic amines) is 1. The van der Waals surface area contributed by atoms with Gasteiger partial charge in [-0.05, 0) is 38.7 Å². The van der Waals surface area contributed by atoms with Gasteiger partial charge >= 0.3 is 0 Å². The Bertz CT molecular complexity index is 1330. The van der Waals surface area contributed by atoms with E-state index >= 15 is 0 Å². The van der Waals surface area contributed by atoms with Gasteiger partial charge in [-0.1, -0.05) is 11.6 Å². The van der Waals surface area contributed by atoms with Crippen LogP contribution in [0.15, 0.2) is 24.5 Å². The zero-order valence-corrected chi connectivity index (χ0v) is 20.6. The van der Waals surface area contributed by atoms with Gasteiger partial charge in [0, 0.05) is 35.8 Å². The maximum absolute atomic E-state index is 14.3. The Morgan fingerprint density at radius 3 is 2.86 bits per heavy atom. The summed E-state index contributed by atoms with van der Waals surface area (Å²) >= 11 is 6.14. The van der Waals surface area contributed by atoms with Crippen LogP contribution in [0.2, 0.25) is 5.02 Å². The number of amides is 2. The van der Waals surface area contributed by atoms with Crippen molar-refractivity contribution in [2.45, 2.75) is 44.7 Å².